The first kappa shape index (κ1) is 15.3. The number of ether oxygens (including phenoxy) is 1. The van der Waals surface area contributed by atoms with E-state index in [1.165, 1.54) is 6.92 Å². The van der Waals surface area contributed by atoms with Crippen LogP contribution in [0.15, 0.2) is 18.2 Å². The van der Waals surface area contributed by atoms with Crippen LogP contribution in [-0.4, -0.2) is 11.1 Å². The number of aryl methyl sites for hydroxylation is 1. The number of rotatable bonds is 4. The van der Waals surface area contributed by atoms with Crippen LogP contribution in [-0.2, 0) is 11.2 Å². The van der Waals surface area contributed by atoms with Crippen molar-refractivity contribution in [2.45, 2.75) is 47.0 Å². The van der Waals surface area contributed by atoms with Gasteiger partial charge >= 0.3 is 5.97 Å². The molecule has 1 aromatic carbocycles. The van der Waals surface area contributed by atoms with Crippen molar-refractivity contribution in [2.75, 3.05) is 0 Å². The van der Waals surface area contributed by atoms with Gasteiger partial charge in [0.1, 0.15) is 11.5 Å². The van der Waals surface area contributed by atoms with Crippen LogP contribution in [0, 0.1) is 6.92 Å². The number of carbonyl (C=O) groups excluding carboxylic acids is 1. The summed E-state index contributed by atoms with van der Waals surface area (Å²) in [7, 11) is 0. The van der Waals surface area contributed by atoms with E-state index in [1.807, 2.05) is 27.7 Å². The van der Waals surface area contributed by atoms with Crippen molar-refractivity contribution < 1.29 is 14.6 Å². The summed E-state index contributed by atoms with van der Waals surface area (Å²) < 4.78 is 5.33. The van der Waals surface area contributed by atoms with Gasteiger partial charge in [0.2, 0.25) is 0 Å². The van der Waals surface area contributed by atoms with Crippen molar-refractivity contribution in [1.29, 1.82) is 0 Å². The highest BCUT2D eigenvalue weighted by molar-refractivity contribution is 5.71. The van der Waals surface area contributed by atoms with E-state index in [0.717, 1.165) is 22.3 Å². The second-order valence-corrected chi connectivity index (χ2v) is 5.32. The van der Waals surface area contributed by atoms with Gasteiger partial charge in [0.05, 0.1) is 0 Å². The maximum absolute atomic E-state index is 11.3. The number of aromatic hydroxyl groups is 1. The maximum atomic E-state index is 11.3. The van der Waals surface area contributed by atoms with Gasteiger partial charge in [0, 0.05) is 18.1 Å². The predicted molar refractivity (Wildman–Crippen MR) is 76.8 cm³/mol. The van der Waals surface area contributed by atoms with Crippen molar-refractivity contribution in [1.82, 2.24) is 0 Å². The Hall–Kier alpha value is -1.77. The maximum Gasteiger partial charge on any atom is 0.308 e. The largest absolute Gasteiger partial charge is 0.508 e. The van der Waals surface area contributed by atoms with E-state index in [-0.39, 0.29) is 17.6 Å². The van der Waals surface area contributed by atoms with E-state index >= 15 is 0 Å². The monoisotopic (exact) mass is 262 g/mol. The van der Waals surface area contributed by atoms with E-state index in [1.54, 1.807) is 6.07 Å². The molecule has 0 radical (unpaired) electrons. The van der Waals surface area contributed by atoms with Gasteiger partial charge in [-0.1, -0.05) is 26.0 Å². The third kappa shape index (κ3) is 3.60. The van der Waals surface area contributed by atoms with E-state index in [9.17, 15) is 9.90 Å². The van der Waals surface area contributed by atoms with Crippen LogP contribution in [0.5, 0.6) is 11.5 Å². The first-order chi connectivity index (χ1) is 8.73. The molecule has 3 heteroatoms. The fourth-order valence-corrected chi connectivity index (χ4v) is 2.22. The number of phenols is 1. The molecule has 0 unspecified atom stereocenters. The lowest BCUT2D eigenvalue weighted by Gasteiger charge is -2.20. The van der Waals surface area contributed by atoms with E-state index < -0.39 is 0 Å². The lowest BCUT2D eigenvalue weighted by atomic mass is 9.90. The molecule has 0 aromatic heterocycles. The van der Waals surface area contributed by atoms with Gasteiger partial charge in [-0.25, -0.2) is 0 Å². The molecule has 0 saturated heterocycles. The van der Waals surface area contributed by atoms with Crippen LogP contribution in [0.3, 0.4) is 0 Å². The number of benzene rings is 1. The summed E-state index contributed by atoms with van der Waals surface area (Å²) in [5.41, 5.74) is 3.40. The minimum absolute atomic E-state index is 0.148. The molecule has 0 aliphatic rings. The zero-order chi connectivity index (χ0) is 14.7. The molecule has 0 atom stereocenters. The van der Waals surface area contributed by atoms with Gasteiger partial charge in [-0.05, 0) is 37.8 Å². The SMILES string of the molecule is C=C(C)Cc1c(O)cc(C)c(OC(C)=O)c1C(C)C. The van der Waals surface area contributed by atoms with Crippen molar-refractivity contribution in [2.24, 2.45) is 0 Å². The summed E-state index contributed by atoms with van der Waals surface area (Å²) in [6, 6.07) is 1.64. The molecular weight excluding hydrogens is 240 g/mol. The predicted octanol–water partition coefficient (Wildman–Crippen LogP) is 3.87. The third-order valence-electron chi connectivity index (χ3n) is 2.89. The molecule has 0 amide bonds. The van der Waals surface area contributed by atoms with Crippen LogP contribution in [0.25, 0.3) is 0 Å². The van der Waals surface area contributed by atoms with Crippen LogP contribution in [0.2, 0.25) is 0 Å². The molecule has 0 aliphatic carbocycles. The first-order valence-electron chi connectivity index (χ1n) is 6.42. The van der Waals surface area contributed by atoms with Gasteiger partial charge in [0.15, 0.2) is 0 Å². The Morgan fingerprint density at radius 3 is 2.42 bits per heavy atom. The summed E-state index contributed by atoms with van der Waals surface area (Å²) in [6.45, 7) is 13.0. The second kappa shape index (κ2) is 5.91. The second-order valence-electron chi connectivity index (χ2n) is 5.32. The van der Waals surface area contributed by atoms with Gasteiger partial charge in [-0.3, -0.25) is 4.79 Å². The minimum atomic E-state index is -0.350. The average molecular weight is 262 g/mol. The first-order valence-corrected chi connectivity index (χ1v) is 6.42. The molecule has 0 spiro atoms. The van der Waals surface area contributed by atoms with Gasteiger partial charge in [-0.15, -0.1) is 0 Å². The molecule has 0 heterocycles. The summed E-state index contributed by atoms with van der Waals surface area (Å²) in [6.07, 6.45) is 0.577. The Bertz CT molecular complexity index is 473. The minimum Gasteiger partial charge on any atom is -0.508 e. The number of hydrogen-bond donors (Lipinski definition) is 1. The number of phenolic OH excluding ortho intramolecular Hbond substituents is 1. The lowest BCUT2D eigenvalue weighted by Crippen LogP contribution is -2.09. The fraction of sp³-hybridized carbons (Fsp3) is 0.438. The Morgan fingerprint density at radius 2 is 2.00 bits per heavy atom. The average Bonchev–Trinajstić information content (AvgIpc) is 2.23. The molecule has 0 bridgehead atoms. The van der Waals surface area contributed by atoms with Crippen molar-refractivity contribution in [3.63, 3.8) is 0 Å². The van der Waals surface area contributed by atoms with Crippen LogP contribution in [0.1, 0.15) is 50.3 Å². The highest BCUT2D eigenvalue weighted by Gasteiger charge is 2.20. The quantitative estimate of drug-likeness (QED) is 0.509. The van der Waals surface area contributed by atoms with Crippen LogP contribution < -0.4 is 4.74 Å². The molecule has 1 N–H and O–H groups in total. The normalized spacial score (nSPS) is 10.6. The molecule has 19 heavy (non-hydrogen) atoms. The Balaban J connectivity index is 3.52. The molecule has 1 aromatic rings. The van der Waals surface area contributed by atoms with Gasteiger partial charge in [0.25, 0.3) is 0 Å². The number of allylic oxidation sites excluding steroid dienone is 1. The smallest absolute Gasteiger partial charge is 0.308 e. The number of esters is 1. The summed E-state index contributed by atoms with van der Waals surface area (Å²) in [5.74, 6) is 0.600. The molecule has 0 fully saturated rings. The zero-order valence-electron chi connectivity index (χ0n) is 12.3. The molecular formula is C16H22O3. The van der Waals surface area contributed by atoms with E-state index in [0.29, 0.717) is 12.2 Å². The third-order valence-corrected chi connectivity index (χ3v) is 2.89. The summed E-state index contributed by atoms with van der Waals surface area (Å²) in [4.78, 5) is 11.3. The Morgan fingerprint density at radius 1 is 1.42 bits per heavy atom. The van der Waals surface area contributed by atoms with Crippen molar-refractivity contribution in [3.8, 4) is 11.5 Å². The number of carbonyl (C=O) groups is 1. The molecule has 0 aliphatic heterocycles. The van der Waals surface area contributed by atoms with Gasteiger partial charge < -0.3 is 9.84 Å². The Labute approximate surface area is 114 Å². The van der Waals surface area contributed by atoms with Crippen LogP contribution >= 0.6 is 0 Å². The molecule has 0 saturated carbocycles. The van der Waals surface area contributed by atoms with E-state index in [2.05, 4.69) is 6.58 Å². The fourth-order valence-electron chi connectivity index (χ4n) is 2.22. The highest BCUT2D eigenvalue weighted by Crippen LogP contribution is 2.39. The summed E-state index contributed by atoms with van der Waals surface area (Å²) >= 11 is 0. The summed E-state index contributed by atoms with van der Waals surface area (Å²) in [5, 5.41) is 10.1. The van der Waals surface area contributed by atoms with Crippen LogP contribution in [0.4, 0.5) is 0 Å². The van der Waals surface area contributed by atoms with E-state index in [4.69, 9.17) is 4.74 Å². The molecule has 3 nitrogen and oxygen atoms in total. The molecule has 104 valence electrons. The Kier molecular flexibility index (Phi) is 4.76. The van der Waals surface area contributed by atoms with Gasteiger partial charge in [-0.2, -0.15) is 0 Å². The highest BCUT2D eigenvalue weighted by atomic mass is 16.5. The topological polar surface area (TPSA) is 46.5 Å². The van der Waals surface area contributed by atoms with Crippen molar-refractivity contribution >= 4 is 5.97 Å². The lowest BCUT2D eigenvalue weighted by molar-refractivity contribution is -0.132. The molecule has 1 rings (SSSR count). The zero-order valence-corrected chi connectivity index (χ0v) is 12.3. The van der Waals surface area contributed by atoms with Crippen molar-refractivity contribution in [3.05, 3.63) is 34.9 Å². The number of hydrogen-bond acceptors (Lipinski definition) is 3. The standard InChI is InChI=1S/C16H22O3/c1-9(2)7-13-14(18)8-11(5)16(19-12(6)17)15(13)10(3)4/h8,10,18H,1,7H2,2-6H3.